The number of ether oxygens (including phenoxy) is 1. The molecule has 0 spiro atoms. The zero-order chi connectivity index (χ0) is 17.8. The lowest BCUT2D eigenvalue weighted by molar-refractivity contribution is 0.102. The molecule has 3 rings (SSSR count). The first-order chi connectivity index (χ1) is 12.1. The van der Waals surface area contributed by atoms with E-state index < -0.39 is 0 Å². The number of ketones is 1. The number of para-hydroxylation sites is 1. The maximum absolute atomic E-state index is 12.4. The van der Waals surface area contributed by atoms with E-state index in [2.05, 4.69) is 31.5 Å². The number of carbonyl (C=O) groups is 1. The largest absolute Gasteiger partial charge is 0.496 e. The van der Waals surface area contributed by atoms with Crippen molar-refractivity contribution >= 4 is 33.5 Å². The van der Waals surface area contributed by atoms with Gasteiger partial charge in [0.15, 0.2) is 5.78 Å². The van der Waals surface area contributed by atoms with Crippen molar-refractivity contribution in [3.05, 3.63) is 58.1 Å². The summed E-state index contributed by atoms with van der Waals surface area (Å²) in [4.78, 5) is 12.4. The molecule has 25 heavy (non-hydrogen) atoms. The van der Waals surface area contributed by atoms with Gasteiger partial charge in [0.05, 0.1) is 23.0 Å². The second-order valence-corrected chi connectivity index (χ2v) is 7.02. The SMILES string of the molecule is COc1ccc(C(=O)CSc2nnnn2-c2ccccc2C)cc1Br. The lowest BCUT2D eigenvalue weighted by atomic mass is 10.1. The maximum atomic E-state index is 12.4. The molecule has 0 aliphatic heterocycles. The van der Waals surface area contributed by atoms with Crippen molar-refractivity contribution in [3.63, 3.8) is 0 Å². The van der Waals surface area contributed by atoms with Gasteiger partial charge >= 0.3 is 0 Å². The third kappa shape index (κ3) is 3.91. The van der Waals surface area contributed by atoms with Crippen LogP contribution in [0.5, 0.6) is 5.75 Å². The number of thioether (sulfide) groups is 1. The fraction of sp³-hybridized carbons (Fsp3) is 0.176. The number of benzene rings is 2. The molecule has 0 fully saturated rings. The van der Waals surface area contributed by atoms with E-state index in [1.807, 2.05) is 31.2 Å². The molecular formula is C17H15BrN4O2S. The molecule has 0 saturated carbocycles. The first kappa shape index (κ1) is 17.6. The minimum Gasteiger partial charge on any atom is -0.496 e. The van der Waals surface area contributed by atoms with Crippen molar-refractivity contribution in [1.82, 2.24) is 20.2 Å². The zero-order valence-electron chi connectivity index (χ0n) is 13.6. The number of carbonyl (C=O) groups excluding carboxylic acids is 1. The first-order valence-corrected chi connectivity index (χ1v) is 9.22. The van der Waals surface area contributed by atoms with Crippen molar-refractivity contribution in [3.8, 4) is 11.4 Å². The third-order valence-corrected chi connectivity index (χ3v) is 5.13. The molecule has 3 aromatic rings. The second-order valence-electron chi connectivity index (χ2n) is 5.22. The molecular weight excluding hydrogens is 404 g/mol. The van der Waals surface area contributed by atoms with Crippen LogP contribution in [0.4, 0.5) is 0 Å². The van der Waals surface area contributed by atoms with E-state index >= 15 is 0 Å². The predicted octanol–water partition coefficient (Wildman–Crippen LogP) is 3.72. The highest BCUT2D eigenvalue weighted by Gasteiger charge is 2.14. The van der Waals surface area contributed by atoms with Gasteiger partial charge in [0, 0.05) is 5.56 Å². The van der Waals surface area contributed by atoms with Crippen LogP contribution in [0.2, 0.25) is 0 Å². The van der Waals surface area contributed by atoms with Crippen LogP contribution >= 0.6 is 27.7 Å². The standard InChI is InChI=1S/C17H15BrN4O2S/c1-11-5-3-4-6-14(11)22-17(19-20-21-22)25-10-15(23)12-7-8-16(24-2)13(18)9-12/h3-9H,10H2,1-2H3. The number of aryl methyl sites for hydroxylation is 1. The molecule has 0 aliphatic carbocycles. The number of methoxy groups -OCH3 is 1. The Labute approximate surface area is 157 Å². The lowest BCUT2D eigenvalue weighted by Crippen LogP contribution is -2.06. The molecule has 0 aliphatic rings. The third-order valence-electron chi connectivity index (χ3n) is 3.59. The summed E-state index contributed by atoms with van der Waals surface area (Å²) in [5, 5.41) is 12.4. The number of tetrazole rings is 1. The highest BCUT2D eigenvalue weighted by atomic mass is 79.9. The van der Waals surface area contributed by atoms with Crippen LogP contribution in [0.1, 0.15) is 15.9 Å². The Morgan fingerprint density at radius 3 is 2.80 bits per heavy atom. The van der Waals surface area contributed by atoms with E-state index in [0.717, 1.165) is 15.7 Å². The Hall–Kier alpha value is -2.19. The highest BCUT2D eigenvalue weighted by molar-refractivity contribution is 9.10. The van der Waals surface area contributed by atoms with Gasteiger partial charge in [-0.05, 0) is 63.1 Å². The average molecular weight is 419 g/mol. The first-order valence-electron chi connectivity index (χ1n) is 7.44. The number of hydrogen-bond acceptors (Lipinski definition) is 6. The molecule has 0 radical (unpaired) electrons. The summed E-state index contributed by atoms with van der Waals surface area (Å²) >= 11 is 4.70. The van der Waals surface area contributed by atoms with E-state index in [9.17, 15) is 4.79 Å². The molecule has 0 amide bonds. The van der Waals surface area contributed by atoms with Gasteiger partial charge in [-0.25, -0.2) is 0 Å². The normalized spacial score (nSPS) is 10.7. The van der Waals surface area contributed by atoms with E-state index in [-0.39, 0.29) is 11.5 Å². The number of rotatable bonds is 6. The number of nitrogens with zero attached hydrogens (tertiary/aromatic N) is 4. The van der Waals surface area contributed by atoms with Crippen LogP contribution in [0.15, 0.2) is 52.1 Å². The fourth-order valence-corrected chi connectivity index (χ4v) is 3.59. The van der Waals surface area contributed by atoms with Gasteiger partial charge < -0.3 is 4.74 Å². The molecule has 0 bridgehead atoms. The van der Waals surface area contributed by atoms with E-state index in [0.29, 0.717) is 16.5 Å². The van der Waals surface area contributed by atoms with E-state index in [1.54, 1.807) is 30.0 Å². The van der Waals surface area contributed by atoms with Gasteiger partial charge in [0.2, 0.25) is 5.16 Å². The van der Waals surface area contributed by atoms with Gasteiger partial charge in [-0.3, -0.25) is 4.79 Å². The van der Waals surface area contributed by atoms with Crippen LogP contribution in [0, 0.1) is 6.92 Å². The summed E-state index contributed by atoms with van der Waals surface area (Å²) in [6.07, 6.45) is 0. The minimum atomic E-state index is -0.00677. The Balaban J connectivity index is 1.75. The Morgan fingerprint density at radius 1 is 1.28 bits per heavy atom. The van der Waals surface area contributed by atoms with Crippen molar-refractivity contribution in [2.75, 3.05) is 12.9 Å². The Bertz CT molecular complexity index is 913. The van der Waals surface area contributed by atoms with Crippen molar-refractivity contribution in [2.24, 2.45) is 0 Å². The summed E-state index contributed by atoms with van der Waals surface area (Å²) in [6.45, 7) is 1.99. The van der Waals surface area contributed by atoms with Crippen molar-refractivity contribution in [1.29, 1.82) is 0 Å². The smallest absolute Gasteiger partial charge is 0.214 e. The maximum Gasteiger partial charge on any atom is 0.214 e. The number of hydrogen-bond donors (Lipinski definition) is 0. The molecule has 0 N–H and O–H groups in total. The van der Waals surface area contributed by atoms with Crippen LogP contribution in [0.3, 0.4) is 0 Å². The molecule has 1 heterocycles. The topological polar surface area (TPSA) is 69.9 Å². The quantitative estimate of drug-likeness (QED) is 0.448. The van der Waals surface area contributed by atoms with Gasteiger partial charge in [-0.2, -0.15) is 4.68 Å². The molecule has 1 aromatic heterocycles. The molecule has 0 saturated heterocycles. The Morgan fingerprint density at radius 2 is 2.08 bits per heavy atom. The van der Waals surface area contributed by atoms with Gasteiger partial charge in [0.25, 0.3) is 0 Å². The van der Waals surface area contributed by atoms with Crippen LogP contribution < -0.4 is 4.74 Å². The lowest BCUT2D eigenvalue weighted by Gasteiger charge is -2.07. The number of Topliss-reactive ketones (excluding diaryl/α,β-unsaturated/α-hetero) is 1. The summed E-state index contributed by atoms with van der Waals surface area (Å²) < 4.78 is 7.58. The second kappa shape index (κ2) is 7.79. The van der Waals surface area contributed by atoms with Gasteiger partial charge in [-0.1, -0.05) is 30.0 Å². The zero-order valence-corrected chi connectivity index (χ0v) is 16.0. The van der Waals surface area contributed by atoms with Crippen LogP contribution in [-0.2, 0) is 0 Å². The highest BCUT2D eigenvalue weighted by Crippen LogP contribution is 2.27. The molecule has 0 unspecified atom stereocenters. The summed E-state index contributed by atoms with van der Waals surface area (Å²) in [5.74, 6) is 0.922. The summed E-state index contributed by atoms with van der Waals surface area (Å²) in [7, 11) is 1.59. The van der Waals surface area contributed by atoms with Gasteiger partial charge in [-0.15, -0.1) is 5.10 Å². The molecule has 0 atom stereocenters. The van der Waals surface area contributed by atoms with Crippen molar-refractivity contribution in [2.45, 2.75) is 12.1 Å². The molecule has 8 heteroatoms. The summed E-state index contributed by atoms with van der Waals surface area (Å²) in [6, 6.07) is 13.1. The molecule has 2 aromatic carbocycles. The van der Waals surface area contributed by atoms with E-state index in [1.165, 1.54) is 11.8 Å². The van der Waals surface area contributed by atoms with Crippen LogP contribution in [-0.4, -0.2) is 38.9 Å². The molecule has 6 nitrogen and oxygen atoms in total. The summed E-state index contributed by atoms with van der Waals surface area (Å²) in [5.41, 5.74) is 2.56. The predicted molar refractivity (Wildman–Crippen MR) is 99.6 cm³/mol. The van der Waals surface area contributed by atoms with Crippen LogP contribution in [0.25, 0.3) is 5.69 Å². The van der Waals surface area contributed by atoms with Crippen molar-refractivity contribution < 1.29 is 9.53 Å². The van der Waals surface area contributed by atoms with Gasteiger partial charge in [0.1, 0.15) is 5.75 Å². The van der Waals surface area contributed by atoms with E-state index in [4.69, 9.17) is 4.74 Å². The minimum absolute atomic E-state index is 0.00677. The number of aromatic nitrogens is 4. The Kier molecular flexibility index (Phi) is 5.50. The number of halogens is 1. The average Bonchev–Trinajstić information content (AvgIpc) is 3.08. The monoisotopic (exact) mass is 418 g/mol. The fourth-order valence-electron chi connectivity index (χ4n) is 2.27. The molecule has 128 valence electrons.